The Morgan fingerprint density at radius 1 is 1.11 bits per heavy atom. The molecule has 0 aromatic heterocycles. The number of benzene rings is 1. The molecule has 0 aliphatic heterocycles. The molecule has 0 saturated carbocycles. The van der Waals surface area contributed by atoms with Crippen molar-refractivity contribution in [1.29, 1.82) is 0 Å². The van der Waals surface area contributed by atoms with Crippen LogP contribution in [0, 0.1) is 20.8 Å². The molecule has 0 N–H and O–H groups in total. The van der Waals surface area contributed by atoms with E-state index in [1.807, 2.05) is 32.9 Å². The van der Waals surface area contributed by atoms with Crippen LogP contribution in [0.15, 0.2) is 12.1 Å². The van der Waals surface area contributed by atoms with Gasteiger partial charge in [-0.15, -0.1) is 11.6 Å². The molecule has 18 heavy (non-hydrogen) atoms. The van der Waals surface area contributed by atoms with E-state index >= 15 is 0 Å². The van der Waals surface area contributed by atoms with Crippen LogP contribution in [-0.4, -0.2) is 19.4 Å². The third kappa shape index (κ3) is 2.72. The summed E-state index contributed by atoms with van der Waals surface area (Å²) in [5.74, 6) is 0. The standard InChI is InChI=1S/C14H21ClO2S/c1-9-7-10(2)12(11(3)8-9)13(15)14(4,5)18(6,16)17/h7-8,13H,1-6H3. The van der Waals surface area contributed by atoms with Gasteiger partial charge in [0.15, 0.2) is 9.84 Å². The van der Waals surface area contributed by atoms with Gasteiger partial charge >= 0.3 is 0 Å². The Morgan fingerprint density at radius 3 is 1.83 bits per heavy atom. The third-order valence-electron chi connectivity index (χ3n) is 3.56. The first-order chi connectivity index (χ1) is 7.98. The van der Waals surface area contributed by atoms with Crippen molar-refractivity contribution in [3.8, 4) is 0 Å². The first-order valence-corrected chi connectivity index (χ1v) is 8.22. The van der Waals surface area contributed by atoms with E-state index in [9.17, 15) is 8.42 Å². The first-order valence-electron chi connectivity index (χ1n) is 5.90. The van der Waals surface area contributed by atoms with E-state index in [0.717, 1.165) is 22.3 Å². The van der Waals surface area contributed by atoms with Crippen molar-refractivity contribution < 1.29 is 8.42 Å². The highest BCUT2D eigenvalue weighted by Crippen LogP contribution is 2.40. The Kier molecular flexibility index (Phi) is 4.19. The molecule has 0 amide bonds. The molecule has 1 aromatic carbocycles. The van der Waals surface area contributed by atoms with Gasteiger partial charge in [-0.2, -0.15) is 0 Å². The first kappa shape index (κ1) is 15.5. The molecule has 2 nitrogen and oxygen atoms in total. The van der Waals surface area contributed by atoms with Gasteiger partial charge in [0.25, 0.3) is 0 Å². The summed E-state index contributed by atoms with van der Waals surface area (Å²) in [6.45, 7) is 9.33. The average molecular weight is 289 g/mol. The highest BCUT2D eigenvalue weighted by atomic mass is 35.5. The minimum atomic E-state index is -3.23. The Hall–Kier alpha value is -0.540. The summed E-state index contributed by atoms with van der Waals surface area (Å²) in [6.07, 6.45) is 1.24. The third-order valence-corrected chi connectivity index (χ3v) is 6.60. The molecule has 4 heteroatoms. The van der Waals surface area contributed by atoms with E-state index < -0.39 is 20.0 Å². The van der Waals surface area contributed by atoms with E-state index in [0.29, 0.717) is 0 Å². The highest BCUT2D eigenvalue weighted by Gasteiger charge is 2.40. The minimum absolute atomic E-state index is 0.548. The van der Waals surface area contributed by atoms with Crippen LogP contribution >= 0.6 is 11.6 Å². The Balaban J connectivity index is 3.41. The maximum absolute atomic E-state index is 11.9. The summed E-state index contributed by atoms with van der Waals surface area (Å²) in [5, 5.41) is -0.548. The SMILES string of the molecule is Cc1cc(C)c(C(Cl)C(C)(C)S(C)(=O)=O)c(C)c1. The maximum Gasteiger partial charge on any atom is 0.154 e. The molecule has 1 rings (SSSR count). The normalized spacial score (nSPS) is 14.6. The fourth-order valence-electron chi connectivity index (χ4n) is 2.13. The van der Waals surface area contributed by atoms with Gasteiger partial charge in [0, 0.05) is 6.26 Å². The minimum Gasteiger partial charge on any atom is -0.229 e. The van der Waals surface area contributed by atoms with Crippen molar-refractivity contribution in [2.24, 2.45) is 0 Å². The fourth-order valence-corrected chi connectivity index (χ4v) is 3.45. The van der Waals surface area contributed by atoms with Crippen LogP contribution in [0.2, 0.25) is 0 Å². The van der Waals surface area contributed by atoms with Crippen LogP contribution in [0.4, 0.5) is 0 Å². The molecule has 1 atom stereocenters. The lowest BCUT2D eigenvalue weighted by Gasteiger charge is -2.30. The average Bonchev–Trinajstić information content (AvgIpc) is 2.13. The van der Waals surface area contributed by atoms with Gasteiger partial charge < -0.3 is 0 Å². The van der Waals surface area contributed by atoms with Crippen LogP contribution in [0.3, 0.4) is 0 Å². The second-order valence-electron chi connectivity index (χ2n) is 5.55. The highest BCUT2D eigenvalue weighted by molar-refractivity contribution is 7.92. The zero-order valence-electron chi connectivity index (χ0n) is 11.8. The summed E-state index contributed by atoms with van der Waals surface area (Å²) in [6, 6.07) is 4.08. The van der Waals surface area contributed by atoms with Gasteiger partial charge in [-0.05, 0) is 51.3 Å². The number of hydrogen-bond donors (Lipinski definition) is 0. The number of halogens is 1. The Bertz CT molecular complexity index is 536. The zero-order chi connectivity index (χ0) is 14.3. The number of alkyl halides is 1. The molecular weight excluding hydrogens is 268 g/mol. The van der Waals surface area contributed by atoms with Crippen molar-refractivity contribution in [2.45, 2.75) is 44.7 Å². The number of rotatable bonds is 3. The van der Waals surface area contributed by atoms with E-state index in [4.69, 9.17) is 11.6 Å². The van der Waals surface area contributed by atoms with Crippen molar-refractivity contribution in [3.63, 3.8) is 0 Å². The second kappa shape index (κ2) is 4.86. The van der Waals surface area contributed by atoms with E-state index in [-0.39, 0.29) is 0 Å². The smallest absolute Gasteiger partial charge is 0.154 e. The van der Waals surface area contributed by atoms with Crippen LogP contribution < -0.4 is 0 Å². The lowest BCUT2D eigenvalue weighted by Crippen LogP contribution is -2.36. The predicted molar refractivity (Wildman–Crippen MR) is 78.2 cm³/mol. The summed E-state index contributed by atoms with van der Waals surface area (Å²) in [4.78, 5) is 0. The molecule has 0 spiro atoms. The number of hydrogen-bond acceptors (Lipinski definition) is 2. The molecule has 0 heterocycles. The fraction of sp³-hybridized carbons (Fsp3) is 0.571. The summed E-state index contributed by atoms with van der Waals surface area (Å²) in [5.41, 5.74) is 4.18. The molecule has 1 aromatic rings. The van der Waals surface area contributed by atoms with Crippen molar-refractivity contribution in [1.82, 2.24) is 0 Å². The van der Waals surface area contributed by atoms with Crippen molar-refractivity contribution in [2.75, 3.05) is 6.26 Å². The lowest BCUT2D eigenvalue weighted by atomic mass is 9.92. The molecule has 0 aliphatic carbocycles. The monoisotopic (exact) mass is 288 g/mol. The lowest BCUT2D eigenvalue weighted by molar-refractivity contribution is 0.542. The summed E-state index contributed by atoms with van der Waals surface area (Å²) < 4.78 is 22.8. The molecule has 102 valence electrons. The van der Waals surface area contributed by atoms with E-state index in [2.05, 4.69) is 0 Å². The Morgan fingerprint density at radius 2 is 1.50 bits per heavy atom. The molecule has 0 radical (unpaired) electrons. The molecular formula is C14H21ClO2S. The van der Waals surface area contributed by atoms with Crippen molar-refractivity contribution in [3.05, 3.63) is 34.4 Å². The topological polar surface area (TPSA) is 34.1 Å². The van der Waals surface area contributed by atoms with Gasteiger partial charge in [0.05, 0.1) is 10.1 Å². The van der Waals surface area contributed by atoms with E-state index in [1.165, 1.54) is 6.26 Å². The molecule has 0 aliphatic rings. The van der Waals surface area contributed by atoms with Gasteiger partial charge in [-0.25, -0.2) is 8.42 Å². The zero-order valence-corrected chi connectivity index (χ0v) is 13.4. The van der Waals surface area contributed by atoms with Gasteiger partial charge in [0.2, 0.25) is 0 Å². The largest absolute Gasteiger partial charge is 0.229 e. The Labute approximate surface area is 115 Å². The van der Waals surface area contributed by atoms with Crippen LogP contribution in [0.25, 0.3) is 0 Å². The maximum atomic E-state index is 11.9. The molecule has 0 saturated heterocycles. The van der Waals surface area contributed by atoms with Crippen LogP contribution in [-0.2, 0) is 9.84 Å². The summed E-state index contributed by atoms with van der Waals surface area (Å²) >= 11 is 6.47. The van der Waals surface area contributed by atoms with Crippen LogP contribution in [0.5, 0.6) is 0 Å². The number of aryl methyl sites for hydroxylation is 3. The van der Waals surface area contributed by atoms with Gasteiger partial charge in [0.1, 0.15) is 0 Å². The van der Waals surface area contributed by atoms with Crippen LogP contribution in [0.1, 0.15) is 41.5 Å². The van der Waals surface area contributed by atoms with Crippen molar-refractivity contribution >= 4 is 21.4 Å². The predicted octanol–water partition coefficient (Wildman–Crippen LogP) is 3.71. The van der Waals surface area contributed by atoms with Gasteiger partial charge in [-0.3, -0.25) is 0 Å². The molecule has 1 unspecified atom stereocenters. The van der Waals surface area contributed by atoms with Gasteiger partial charge in [-0.1, -0.05) is 17.7 Å². The number of sulfone groups is 1. The van der Waals surface area contributed by atoms with E-state index in [1.54, 1.807) is 13.8 Å². The quantitative estimate of drug-likeness (QED) is 0.795. The summed E-state index contributed by atoms with van der Waals surface area (Å²) in [7, 11) is -3.23. The molecule has 0 bridgehead atoms. The molecule has 0 fully saturated rings. The second-order valence-corrected chi connectivity index (χ2v) is 8.58.